The zero-order valence-corrected chi connectivity index (χ0v) is 12.9. The lowest BCUT2D eigenvalue weighted by atomic mass is 10.2. The molecule has 1 aliphatic heterocycles. The van der Waals surface area contributed by atoms with Crippen molar-refractivity contribution in [3.8, 4) is 0 Å². The summed E-state index contributed by atoms with van der Waals surface area (Å²) in [6, 6.07) is 18.8. The maximum absolute atomic E-state index is 5.31. The standard InChI is InChI=1S/C18H21N3O/c1-20(17-5-3-2-4-6-17)18-9-7-16(8-10-18)15-19-21-11-13-22-14-12-21/h2-10,15H,11-14H2,1H3/b19-15+. The summed E-state index contributed by atoms with van der Waals surface area (Å²) in [7, 11) is 2.08. The molecule has 0 N–H and O–H groups in total. The fourth-order valence-corrected chi connectivity index (χ4v) is 2.40. The van der Waals surface area contributed by atoms with Crippen LogP contribution in [0.4, 0.5) is 11.4 Å². The van der Waals surface area contributed by atoms with Gasteiger partial charge in [0.15, 0.2) is 0 Å². The summed E-state index contributed by atoms with van der Waals surface area (Å²) < 4.78 is 5.31. The summed E-state index contributed by atoms with van der Waals surface area (Å²) in [6.45, 7) is 3.26. The average Bonchev–Trinajstić information content (AvgIpc) is 2.61. The van der Waals surface area contributed by atoms with E-state index in [1.807, 2.05) is 17.3 Å². The third-order valence-corrected chi connectivity index (χ3v) is 3.78. The zero-order chi connectivity index (χ0) is 15.2. The number of ether oxygens (including phenoxy) is 1. The summed E-state index contributed by atoms with van der Waals surface area (Å²) in [5, 5.41) is 6.55. The second kappa shape index (κ2) is 7.09. The molecular formula is C18H21N3O. The van der Waals surface area contributed by atoms with Crippen LogP contribution in [0.5, 0.6) is 0 Å². The summed E-state index contributed by atoms with van der Waals surface area (Å²) in [5.74, 6) is 0. The van der Waals surface area contributed by atoms with E-state index >= 15 is 0 Å². The van der Waals surface area contributed by atoms with E-state index in [1.165, 1.54) is 5.69 Å². The average molecular weight is 295 g/mol. The van der Waals surface area contributed by atoms with Gasteiger partial charge in [-0.1, -0.05) is 30.3 Å². The van der Waals surface area contributed by atoms with Gasteiger partial charge in [0.1, 0.15) is 0 Å². The minimum atomic E-state index is 0.762. The first kappa shape index (κ1) is 14.6. The highest BCUT2D eigenvalue weighted by atomic mass is 16.5. The summed E-state index contributed by atoms with van der Waals surface area (Å²) in [4.78, 5) is 2.17. The number of hydrazone groups is 1. The van der Waals surface area contributed by atoms with Crippen molar-refractivity contribution in [1.29, 1.82) is 0 Å². The molecule has 4 nitrogen and oxygen atoms in total. The largest absolute Gasteiger partial charge is 0.378 e. The minimum Gasteiger partial charge on any atom is -0.378 e. The van der Waals surface area contributed by atoms with E-state index in [0.717, 1.165) is 37.6 Å². The second-order valence-electron chi connectivity index (χ2n) is 5.30. The highest BCUT2D eigenvalue weighted by Gasteiger charge is 2.06. The van der Waals surface area contributed by atoms with Crippen LogP contribution in [0.2, 0.25) is 0 Å². The van der Waals surface area contributed by atoms with Crippen molar-refractivity contribution in [3.63, 3.8) is 0 Å². The minimum absolute atomic E-state index is 0.762. The molecule has 0 atom stereocenters. The topological polar surface area (TPSA) is 28.1 Å². The summed E-state index contributed by atoms with van der Waals surface area (Å²) in [6.07, 6.45) is 1.91. The van der Waals surface area contributed by atoms with E-state index in [-0.39, 0.29) is 0 Å². The molecule has 3 rings (SSSR count). The molecule has 0 radical (unpaired) electrons. The number of anilines is 2. The molecule has 4 heteroatoms. The lowest BCUT2D eigenvalue weighted by Crippen LogP contribution is -2.32. The van der Waals surface area contributed by atoms with Gasteiger partial charge < -0.3 is 9.64 Å². The maximum Gasteiger partial charge on any atom is 0.0659 e. The Balaban J connectivity index is 1.66. The van der Waals surface area contributed by atoms with Gasteiger partial charge in [-0.2, -0.15) is 5.10 Å². The number of benzene rings is 2. The van der Waals surface area contributed by atoms with E-state index in [0.29, 0.717) is 0 Å². The van der Waals surface area contributed by atoms with Crippen LogP contribution in [0.15, 0.2) is 59.7 Å². The molecule has 0 amide bonds. The SMILES string of the molecule is CN(c1ccccc1)c1ccc(/C=N/N2CCOCC2)cc1. The van der Waals surface area contributed by atoms with E-state index in [4.69, 9.17) is 4.74 Å². The maximum atomic E-state index is 5.31. The molecule has 2 aromatic rings. The third kappa shape index (κ3) is 3.65. The number of rotatable bonds is 4. The quantitative estimate of drug-likeness (QED) is 0.811. The Kier molecular flexibility index (Phi) is 4.71. The van der Waals surface area contributed by atoms with Gasteiger partial charge in [-0.25, -0.2) is 0 Å². The molecule has 0 aliphatic carbocycles. The van der Waals surface area contributed by atoms with Crippen LogP contribution in [0.1, 0.15) is 5.56 Å². The fraction of sp³-hybridized carbons (Fsp3) is 0.278. The van der Waals surface area contributed by atoms with Gasteiger partial charge >= 0.3 is 0 Å². The molecule has 114 valence electrons. The van der Waals surface area contributed by atoms with Crippen molar-refractivity contribution in [1.82, 2.24) is 5.01 Å². The van der Waals surface area contributed by atoms with Gasteiger partial charge in [-0.05, 0) is 29.8 Å². The Morgan fingerprint density at radius 1 is 0.955 bits per heavy atom. The molecule has 1 saturated heterocycles. The molecular weight excluding hydrogens is 274 g/mol. The number of para-hydroxylation sites is 1. The van der Waals surface area contributed by atoms with Gasteiger partial charge in [0, 0.05) is 18.4 Å². The number of nitrogens with zero attached hydrogens (tertiary/aromatic N) is 3. The van der Waals surface area contributed by atoms with Gasteiger partial charge in [0.05, 0.1) is 32.5 Å². The van der Waals surface area contributed by atoms with Crippen molar-refractivity contribution in [2.45, 2.75) is 0 Å². The smallest absolute Gasteiger partial charge is 0.0659 e. The number of hydrogen-bond donors (Lipinski definition) is 0. The first-order chi connectivity index (χ1) is 10.8. The van der Waals surface area contributed by atoms with Crippen molar-refractivity contribution in [3.05, 3.63) is 60.2 Å². The Morgan fingerprint density at radius 2 is 1.59 bits per heavy atom. The summed E-state index contributed by atoms with van der Waals surface area (Å²) >= 11 is 0. The molecule has 0 saturated carbocycles. The lowest BCUT2D eigenvalue weighted by Gasteiger charge is -2.23. The second-order valence-corrected chi connectivity index (χ2v) is 5.30. The van der Waals surface area contributed by atoms with Crippen LogP contribution >= 0.6 is 0 Å². The van der Waals surface area contributed by atoms with E-state index in [2.05, 4.69) is 65.6 Å². The molecule has 2 aromatic carbocycles. The number of morpholine rings is 1. The predicted molar refractivity (Wildman–Crippen MR) is 90.9 cm³/mol. The van der Waals surface area contributed by atoms with Crippen molar-refractivity contribution >= 4 is 17.6 Å². The van der Waals surface area contributed by atoms with Crippen molar-refractivity contribution in [2.75, 3.05) is 38.3 Å². The third-order valence-electron chi connectivity index (χ3n) is 3.78. The van der Waals surface area contributed by atoms with Gasteiger partial charge in [0.25, 0.3) is 0 Å². The first-order valence-corrected chi connectivity index (χ1v) is 7.58. The van der Waals surface area contributed by atoms with Crippen molar-refractivity contribution < 1.29 is 4.74 Å². The molecule has 0 aromatic heterocycles. The van der Waals surface area contributed by atoms with Gasteiger partial charge in [-0.15, -0.1) is 0 Å². The van der Waals surface area contributed by atoms with E-state index < -0.39 is 0 Å². The van der Waals surface area contributed by atoms with Gasteiger partial charge in [-0.3, -0.25) is 5.01 Å². The molecule has 22 heavy (non-hydrogen) atoms. The highest BCUT2D eigenvalue weighted by molar-refractivity contribution is 5.80. The van der Waals surface area contributed by atoms with Gasteiger partial charge in [0.2, 0.25) is 0 Å². The van der Waals surface area contributed by atoms with Crippen LogP contribution in [-0.4, -0.2) is 44.6 Å². The monoisotopic (exact) mass is 295 g/mol. The van der Waals surface area contributed by atoms with Crippen molar-refractivity contribution in [2.24, 2.45) is 5.10 Å². The first-order valence-electron chi connectivity index (χ1n) is 7.58. The predicted octanol–water partition coefficient (Wildman–Crippen LogP) is 3.12. The molecule has 1 aliphatic rings. The van der Waals surface area contributed by atoms with Crippen LogP contribution in [0.3, 0.4) is 0 Å². The van der Waals surface area contributed by atoms with Crippen LogP contribution in [0, 0.1) is 0 Å². The normalized spacial score (nSPS) is 15.2. The molecule has 0 bridgehead atoms. The Bertz CT molecular complexity index is 604. The summed E-state index contributed by atoms with van der Waals surface area (Å²) in [5.41, 5.74) is 3.45. The van der Waals surface area contributed by atoms with E-state index in [1.54, 1.807) is 0 Å². The van der Waals surface area contributed by atoms with Crippen LogP contribution < -0.4 is 4.90 Å². The Hall–Kier alpha value is -2.33. The highest BCUT2D eigenvalue weighted by Crippen LogP contribution is 2.22. The van der Waals surface area contributed by atoms with E-state index in [9.17, 15) is 0 Å². The zero-order valence-electron chi connectivity index (χ0n) is 12.9. The lowest BCUT2D eigenvalue weighted by molar-refractivity contribution is 0.0397. The molecule has 1 heterocycles. The van der Waals surface area contributed by atoms with Crippen LogP contribution in [0.25, 0.3) is 0 Å². The fourth-order valence-electron chi connectivity index (χ4n) is 2.40. The molecule has 0 unspecified atom stereocenters. The number of hydrogen-bond acceptors (Lipinski definition) is 4. The molecule has 0 spiro atoms. The molecule has 1 fully saturated rings. The van der Waals surface area contributed by atoms with Crippen LogP contribution in [-0.2, 0) is 4.74 Å². The Morgan fingerprint density at radius 3 is 2.27 bits per heavy atom. The Labute approximate surface area is 131 Å².